The van der Waals surface area contributed by atoms with Crippen LogP contribution >= 0.6 is 0 Å². The fourth-order valence-electron chi connectivity index (χ4n) is 0.564. The zero-order valence-electron chi connectivity index (χ0n) is 8.37. The zero-order chi connectivity index (χ0) is 10.3. The van der Waals surface area contributed by atoms with Crippen LogP contribution in [0.5, 0.6) is 0 Å². The minimum absolute atomic E-state index is 0.255. The number of nitrogens with two attached hydrogens (primary N) is 1. The Balaban J connectivity index is 0.000000252. The van der Waals surface area contributed by atoms with Gasteiger partial charge in [0.2, 0.25) is 0 Å². The monoisotopic (exact) mass is 180 g/mol. The van der Waals surface area contributed by atoms with Crippen molar-refractivity contribution in [3.63, 3.8) is 0 Å². The maximum absolute atomic E-state index is 9.81. The smallest absolute Gasteiger partial charge is 0.129 e. The van der Waals surface area contributed by atoms with Gasteiger partial charge in [0, 0.05) is 12.1 Å². The molecule has 2 N–H and O–H groups in total. The molecule has 72 valence electrons. The summed E-state index contributed by atoms with van der Waals surface area (Å²) in [7, 11) is 0. The van der Waals surface area contributed by atoms with Crippen LogP contribution in [0.15, 0.2) is 18.2 Å². The molecule has 1 heterocycles. The van der Waals surface area contributed by atoms with Gasteiger partial charge in [-0.05, 0) is 26.0 Å². The molecule has 0 radical (unpaired) electrons. The van der Waals surface area contributed by atoms with E-state index in [-0.39, 0.29) is 5.78 Å². The normalized spacial score (nSPS) is 8.54. The lowest BCUT2D eigenvalue weighted by Crippen LogP contribution is -1.89. The van der Waals surface area contributed by atoms with E-state index < -0.39 is 0 Å². The summed E-state index contributed by atoms with van der Waals surface area (Å²) < 4.78 is 0. The van der Waals surface area contributed by atoms with Crippen LogP contribution in [-0.2, 0) is 4.79 Å². The number of rotatable bonds is 1. The summed E-state index contributed by atoms with van der Waals surface area (Å²) >= 11 is 0. The van der Waals surface area contributed by atoms with Crippen molar-refractivity contribution in [2.24, 2.45) is 0 Å². The number of aryl methyl sites for hydroxylation is 1. The van der Waals surface area contributed by atoms with E-state index in [9.17, 15) is 4.79 Å². The van der Waals surface area contributed by atoms with Gasteiger partial charge in [-0.1, -0.05) is 13.0 Å². The number of nitrogens with zero attached hydrogens (tertiary/aromatic N) is 1. The van der Waals surface area contributed by atoms with Crippen LogP contribution in [0.4, 0.5) is 5.82 Å². The first-order valence-corrected chi connectivity index (χ1v) is 4.24. The molecule has 0 atom stereocenters. The minimum atomic E-state index is 0.255. The number of aromatic nitrogens is 1. The molecule has 0 saturated carbocycles. The van der Waals surface area contributed by atoms with Gasteiger partial charge >= 0.3 is 0 Å². The summed E-state index contributed by atoms with van der Waals surface area (Å²) in [6, 6.07) is 5.57. The molecule has 13 heavy (non-hydrogen) atoms. The predicted molar refractivity (Wildman–Crippen MR) is 54.4 cm³/mol. The molecule has 3 heteroatoms. The van der Waals surface area contributed by atoms with Gasteiger partial charge in [-0.25, -0.2) is 4.98 Å². The second-order valence-electron chi connectivity index (χ2n) is 2.76. The molecule has 0 bridgehead atoms. The molecular weight excluding hydrogens is 164 g/mol. The summed E-state index contributed by atoms with van der Waals surface area (Å²) in [5.41, 5.74) is 6.31. The van der Waals surface area contributed by atoms with Gasteiger partial charge in [-0.2, -0.15) is 0 Å². The van der Waals surface area contributed by atoms with Gasteiger partial charge in [0.25, 0.3) is 0 Å². The van der Waals surface area contributed by atoms with Crippen LogP contribution in [0.1, 0.15) is 26.0 Å². The van der Waals surface area contributed by atoms with Gasteiger partial charge < -0.3 is 10.5 Å². The molecule has 0 aliphatic rings. The van der Waals surface area contributed by atoms with E-state index in [1.165, 1.54) is 0 Å². The number of hydrogen-bond donors (Lipinski definition) is 1. The van der Waals surface area contributed by atoms with Gasteiger partial charge in [0.1, 0.15) is 11.6 Å². The Morgan fingerprint density at radius 1 is 1.54 bits per heavy atom. The Bertz CT molecular complexity index is 254. The Morgan fingerprint density at radius 2 is 2.08 bits per heavy atom. The Labute approximate surface area is 79.0 Å². The Morgan fingerprint density at radius 3 is 2.31 bits per heavy atom. The molecule has 0 spiro atoms. The average Bonchev–Trinajstić information content (AvgIpc) is 2.05. The van der Waals surface area contributed by atoms with E-state index in [0.717, 1.165) is 5.69 Å². The predicted octanol–water partition coefficient (Wildman–Crippen LogP) is 1.96. The number of carbonyl (C=O) groups excluding carboxylic acids is 1. The molecule has 0 aromatic carbocycles. The molecule has 1 rings (SSSR count). The number of hydrogen-bond acceptors (Lipinski definition) is 3. The third-order valence-electron chi connectivity index (χ3n) is 1.41. The Hall–Kier alpha value is -1.38. The molecular formula is C10H16N2O. The maximum Gasteiger partial charge on any atom is 0.129 e. The maximum atomic E-state index is 9.81. The number of nitrogen functional groups attached to an aromatic ring is 1. The summed E-state index contributed by atoms with van der Waals surface area (Å²) in [6.07, 6.45) is 0.667. The summed E-state index contributed by atoms with van der Waals surface area (Å²) in [5, 5.41) is 0. The second-order valence-corrected chi connectivity index (χ2v) is 2.76. The van der Waals surface area contributed by atoms with Gasteiger partial charge in [0.15, 0.2) is 0 Å². The summed E-state index contributed by atoms with van der Waals surface area (Å²) in [6.45, 7) is 5.35. The highest BCUT2D eigenvalue weighted by Crippen LogP contribution is 1.96. The zero-order valence-corrected chi connectivity index (χ0v) is 8.37. The van der Waals surface area contributed by atoms with E-state index in [1.807, 2.05) is 26.0 Å². The van der Waals surface area contributed by atoms with Crippen LogP contribution < -0.4 is 5.73 Å². The first-order valence-electron chi connectivity index (χ1n) is 4.24. The summed E-state index contributed by atoms with van der Waals surface area (Å²) in [5.74, 6) is 0.843. The van der Waals surface area contributed by atoms with Crippen molar-refractivity contribution < 1.29 is 4.79 Å². The highest BCUT2D eigenvalue weighted by atomic mass is 16.1. The molecule has 1 aromatic heterocycles. The summed E-state index contributed by atoms with van der Waals surface area (Å²) in [4.78, 5) is 13.8. The van der Waals surface area contributed by atoms with Crippen LogP contribution in [0, 0.1) is 6.92 Å². The quantitative estimate of drug-likeness (QED) is 0.718. The van der Waals surface area contributed by atoms with E-state index in [1.54, 1.807) is 13.0 Å². The molecule has 0 amide bonds. The number of ketones is 1. The highest BCUT2D eigenvalue weighted by molar-refractivity contribution is 5.74. The lowest BCUT2D eigenvalue weighted by atomic mass is 10.4. The molecule has 0 aliphatic heterocycles. The number of anilines is 1. The van der Waals surface area contributed by atoms with E-state index in [2.05, 4.69) is 4.98 Å². The van der Waals surface area contributed by atoms with E-state index in [0.29, 0.717) is 12.2 Å². The van der Waals surface area contributed by atoms with E-state index >= 15 is 0 Å². The van der Waals surface area contributed by atoms with Crippen molar-refractivity contribution >= 4 is 11.6 Å². The molecule has 1 aromatic rings. The third-order valence-corrected chi connectivity index (χ3v) is 1.41. The van der Waals surface area contributed by atoms with Crippen LogP contribution in [0.25, 0.3) is 0 Å². The number of carbonyl (C=O) groups is 1. The van der Waals surface area contributed by atoms with Crippen LogP contribution in [-0.4, -0.2) is 10.8 Å². The fraction of sp³-hybridized carbons (Fsp3) is 0.400. The van der Waals surface area contributed by atoms with Crippen molar-refractivity contribution in [2.75, 3.05) is 5.73 Å². The average molecular weight is 180 g/mol. The SMILES string of the molecule is CCC(C)=O.Cc1cccc(N)n1. The number of Topliss-reactive ketones (excluding diaryl/α,β-unsaturated/α-hetero) is 1. The Kier molecular flexibility index (Phi) is 5.52. The lowest BCUT2D eigenvalue weighted by molar-refractivity contribution is -0.116. The first-order chi connectivity index (χ1) is 6.06. The van der Waals surface area contributed by atoms with Gasteiger partial charge in [0.05, 0.1) is 0 Å². The fourth-order valence-corrected chi connectivity index (χ4v) is 0.564. The first kappa shape index (κ1) is 11.6. The largest absolute Gasteiger partial charge is 0.384 e. The molecule has 0 unspecified atom stereocenters. The van der Waals surface area contributed by atoms with Crippen LogP contribution in [0.2, 0.25) is 0 Å². The van der Waals surface area contributed by atoms with Crippen molar-refractivity contribution in [3.8, 4) is 0 Å². The van der Waals surface area contributed by atoms with Crippen molar-refractivity contribution in [3.05, 3.63) is 23.9 Å². The molecule has 0 fully saturated rings. The number of pyridine rings is 1. The highest BCUT2D eigenvalue weighted by Gasteiger charge is 1.82. The van der Waals surface area contributed by atoms with E-state index in [4.69, 9.17) is 5.73 Å². The molecule has 0 saturated heterocycles. The standard InChI is InChI=1S/C6H8N2.C4H8O/c1-5-3-2-4-6(7)8-5;1-3-4(2)5/h2-4H,1H3,(H2,7,8);3H2,1-2H3. The molecule has 3 nitrogen and oxygen atoms in total. The van der Waals surface area contributed by atoms with Crippen molar-refractivity contribution in [1.29, 1.82) is 0 Å². The third kappa shape index (κ3) is 7.00. The minimum Gasteiger partial charge on any atom is -0.384 e. The van der Waals surface area contributed by atoms with Crippen molar-refractivity contribution in [2.45, 2.75) is 27.2 Å². The topological polar surface area (TPSA) is 56.0 Å². The van der Waals surface area contributed by atoms with Crippen LogP contribution in [0.3, 0.4) is 0 Å². The molecule has 0 aliphatic carbocycles. The lowest BCUT2D eigenvalue weighted by Gasteiger charge is -1.90. The van der Waals surface area contributed by atoms with Gasteiger partial charge in [-0.15, -0.1) is 0 Å². The van der Waals surface area contributed by atoms with Gasteiger partial charge in [-0.3, -0.25) is 0 Å². The second kappa shape index (κ2) is 6.17. The van der Waals surface area contributed by atoms with Crippen molar-refractivity contribution in [1.82, 2.24) is 4.98 Å².